The molecule has 1 fully saturated rings. The molecule has 1 aliphatic carbocycles. The molecular weight excluding hydrogens is 234 g/mol. The van der Waals surface area contributed by atoms with Crippen LogP contribution in [0, 0.1) is 13.8 Å². The second kappa shape index (κ2) is 5.24. The molecule has 0 aromatic carbocycles. The molecule has 0 spiro atoms. The van der Waals surface area contributed by atoms with Gasteiger partial charge in [0.2, 0.25) is 0 Å². The summed E-state index contributed by atoms with van der Waals surface area (Å²) >= 11 is 0. The third-order valence-corrected chi connectivity index (χ3v) is 4.39. The third kappa shape index (κ3) is 2.46. The van der Waals surface area contributed by atoms with Gasteiger partial charge in [0, 0.05) is 24.6 Å². The first-order valence-electron chi connectivity index (χ1n) is 7.38. The molecule has 3 nitrogen and oxygen atoms in total. The fraction of sp³-hybridized carbons (Fsp3) is 0.562. The molecule has 3 heteroatoms. The predicted octanol–water partition coefficient (Wildman–Crippen LogP) is 3.58. The van der Waals surface area contributed by atoms with Gasteiger partial charge in [-0.05, 0) is 38.3 Å². The van der Waals surface area contributed by atoms with E-state index in [1.807, 2.05) is 6.20 Å². The van der Waals surface area contributed by atoms with Crippen LogP contribution in [0.25, 0.3) is 0 Å². The van der Waals surface area contributed by atoms with Crippen LogP contribution in [0.4, 0.5) is 5.69 Å². The summed E-state index contributed by atoms with van der Waals surface area (Å²) in [5, 5.41) is 0. The molecule has 0 radical (unpaired) electrons. The van der Waals surface area contributed by atoms with Gasteiger partial charge in [-0.25, -0.2) is 0 Å². The van der Waals surface area contributed by atoms with Crippen molar-refractivity contribution >= 4 is 5.69 Å². The van der Waals surface area contributed by atoms with Gasteiger partial charge in [-0.2, -0.15) is 0 Å². The van der Waals surface area contributed by atoms with Crippen LogP contribution in [0.1, 0.15) is 43.4 Å². The summed E-state index contributed by atoms with van der Waals surface area (Å²) in [6.07, 6.45) is 13.3. The van der Waals surface area contributed by atoms with Crippen molar-refractivity contribution in [2.75, 3.05) is 11.6 Å². The molecule has 3 rings (SSSR count). The summed E-state index contributed by atoms with van der Waals surface area (Å²) in [7, 11) is 0. The van der Waals surface area contributed by atoms with Crippen molar-refractivity contribution in [1.82, 2.24) is 9.88 Å². The molecule has 0 amide bonds. The van der Waals surface area contributed by atoms with Crippen molar-refractivity contribution in [2.24, 2.45) is 0 Å². The Morgan fingerprint density at radius 2 is 1.89 bits per heavy atom. The maximum Gasteiger partial charge on any atom is 0.0945 e. The normalized spacial score (nSPS) is 20.3. The second-order valence-corrected chi connectivity index (χ2v) is 5.78. The van der Waals surface area contributed by atoms with Gasteiger partial charge in [-0.1, -0.05) is 19.3 Å². The lowest BCUT2D eigenvalue weighted by molar-refractivity contribution is 0.232. The Morgan fingerprint density at radius 1 is 1.11 bits per heavy atom. The van der Waals surface area contributed by atoms with Gasteiger partial charge >= 0.3 is 0 Å². The van der Waals surface area contributed by atoms with Crippen LogP contribution in [0.2, 0.25) is 0 Å². The summed E-state index contributed by atoms with van der Waals surface area (Å²) in [6, 6.07) is 2.84. The highest BCUT2D eigenvalue weighted by atomic mass is 15.4. The van der Waals surface area contributed by atoms with E-state index in [4.69, 9.17) is 0 Å². The highest BCUT2D eigenvalue weighted by molar-refractivity contribution is 5.58. The molecular formula is C16H23N3. The minimum atomic E-state index is 0.743. The SMILES string of the molecule is Cc1ccnc(C)c1N1C=CN(C2CCCCC2)C1. The Balaban J connectivity index is 1.74. The van der Waals surface area contributed by atoms with Gasteiger partial charge in [-0.3, -0.25) is 4.98 Å². The summed E-state index contributed by atoms with van der Waals surface area (Å²) in [4.78, 5) is 9.27. The number of hydrogen-bond acceptors (Lipinski definition) is 3. The van der Waals surface area contributed by atoms with E-state index in [1.165, 1.54) is 43.4 Å². The number of anilines is 1. The van der Waals surface area contributed by atoms with Crippen molar-refractivity contribution in [3.05, 3.63) is 35.9 Å². The molecule has 0 atom stereocenters. The van der Waals surface area contributed by atoms with E-state index in [-0.39, 0.29) is 0 Å². The lowest BCUT2D eigenvalue weighted by Crippen LogP contribution is -2.35. The van der Waals surface area contributed by atoms with E-state index < -0.39 is 0 Å². The zero-order valence-electron chi connectivity index (χ0n) is 12.0. The zero-order valence-corrected chi connectivity index (χ0v) is 12.0. The molecule has 1 aliphatic heterocycles. The predicted molar refractivity (Wildman–Crippen MR) is 78.9 cm³/mol. The quantitative estimate of drug-likeness (QED) is 0.807. The fourth-order valence-corrected chi connectivity index (χ4v) is 3.35. The highest BCUT2D eigenvalue weighted by Gasteiger charge is 2.24. The van der Waals surface area contributed by atoms with Crippen LogP contribution in [0.3, 0.4) is 0 Å². The Bertz CT molecular complexity index is 455. The average molecular weight is 257 g/mol. The van der Waals surface area contributed by atoms with Crippen molar-refractivity contribution in [3.8, 4) is 0 Å². The molecule has 0 N–H and O–H groups in total. The standard InChI is InChI=1S/C16H23N3/c1-13-8-9-17-14(2)16(13)19-11-10-18(12-19)15-6-4-3-5-7-15/h8-11,15H,3-7,12H2,1-2H3. The molecule has 1 saturated carbocycles. The van der Waals surface area contributed by atoms with Gasteiger partial charge < -0.3 is 9.80 Å². The topological polar surface area (TPSA) is 19.4 Å². The third-order valence-electron chi connectivity index (χ3n) is 4.39. The van der Waals surface area contributed by atoms with Crippen LogP contribution in [-0.2, 0) is 0 Å². The van der Waals surface area contributed by atoms with Crippen molar-refractivity contribution < 1.29 is 0 Å². The Kier molecular flexibility index (Phi) is 3.45. The van der Waals surface area contributed by atoms with Gasteiger partial charge in [-0.15, -0.1) is 0 Å². The minimum absolute atomic E-state index is 0.743. The smallest absolute Gasteiger partial charge is 0.0945 e. The summed E-state index contributed by atoms with van der Waals surface area (Å²) in [5.41, 5.74) is 3.70. The lowest BCUT2D eigenvalue weighted by atomic mass is 9.95. The van der Waals surface area contributed by atoms with Gasteiger partial charge in [0.05, 0.1) is 18.1 Å². The van der Waals surface area contributed by atoms with Crippen molar-refractivity contribution in [1.29, 1.82) is 0 Å². The second-order valence-electron chi connectivity index (χ2n) is 5.78. The number of nitrogens with zero attached hydrogens (tertiary/aromatic N) is 3. The lowest BCUT2D eigenvalue weighted by Gasteiger charge is -2.32. The summed E-state index contributed by atoms with van der Waals surface area (Å²) in [6.45, 7) is 5.25. The first kappa shape index (κ1) is 12.5. The largest absolute Gasteiger partial charge is 0.355 e. The molecule has 0 saturated heterocycles. The van der Waals surface area contributed by atoms with Crippen LogP contribution in [0.5, 0.6) is 0 Å². The summed E-state index contributed by atoms with van der Waals surface area (Å²) in [5.74, 6) is 0. The molecule has 2 aliphatic rings. The summed E-state index contributed by atoms with van der Waals surface area (Å²) < 4.78 is 0. The van der Waals surface area contributed by atoms with Crippen LogP contribution < -0.4 is 4.90 Å². The van der Waals surface area contributed by atoms with Gasteiger partial charge in [0.25, 0.3) is 0 Å². The molecule has 102 valence electrons. The van der Waals surface area contributed by atoms with Crippen LogP contribution in [0.15, 0.2) is 24.7 Å². The van der Waals surface area contributed by atoms with E-state index in [9.17, 15) is 0 Å². The molecule has 1 aromatic rings. The number of aryl methyl sites for hydroxylation is 2. The van der Waals surface area contributed by atoms with Gasteiger partial charge in [0.1, 0.15) is 0 Å². The first-order valence-corrected chi connectivity index (χ1v) is 7.38. The van der Waals surface area contributed by atoms with Crippen LogP contribution in [-0.4, -0.2) is 22.6 Å². The Hall–Kier alpha value is -1.51. The first-order chi connectivity index (χ1) is 9.25. The molecule has 0 bridgehead atoms. The monoisotopic (exact) mass is 257 g/mol. The highest BCUT2D eigenvalue weighted by Crippen LogP contribution is 2.30. The molecule has 0 unspecified atom stereocenters. The van der Waals surface area contributed by atoms with Crippen molar-refractivity contribution in [2.45, 2.75) is 52.0 Å². The van der Waals surface area contributed by atoms with E-state index in [0.717, 1.165) is 18.4 Å². The number of aromatic nitrogens is 1. The van der Waals surface area contributed by atoms with Crippen molar-refractivity contribution in [3.63, 3.8) is 0 Å². The fourth-order valence-electron chi connectivity index (χ4n) is 3.35. The molecule has 1 aromatic heterocycles. The Labute approximate surface area is 115 Å². The number of pyridine rings is 1. The van der Waals surface area contributed by atoms with E-state index >= 15 is 0 Å². The van der Waals surface area contributed by atoms with Gasteiger partial charge in [0.15, 0.2) is 0 Å². The number of hydrogen-bond donors (Lipinski definition) is 0. The van der Waals surface area contributed by atoms with E-state index in [1.54, 1.807) is 0 Å². The van der Waals surface area contributed by atoms with E-state index in [2.05, 4.69) is 47.1 Å². The number of rotatable bonds is 2. The molecule has 2 heterocycles. The maximum absolute atomic E-state index is 4.43. The Morgan fingerprint density at radius 3 is 2.63 bits per heavy atom. The zero-order chi connectivity index (χ0) is 13.2. The van der Waals surface area contributed by atoms with Crippen LogP contribution >= 0.6 is 0 Å². The van der Waals surface area contributed by atoms with E-state index in [0.29, 0.717) is 0 Å². The average Bonchev–Trinajstić information content (AvgIpc) is 2.89. The minimum Gasteiger partial charge on any atom is -0.355 e. The molecule has 19 heavy (non-hydrogen) atoms. The maximum atomic E-state index is 4.43.